The van der Waals surface area contributed by atoms with Crippen LogP contribution >= 0.6 is 0 Å². The zero-order valence-electron chi connectivity index (χ0n) is 4.63. The lowest BCUT2D eigenvalue weighted by Crippen LogP contribution is -2.01. The second-order valence-corrected chi connectivity index (χ2v) is 1.78. The summed E-state index contributed by atoms with van der Waals surface area (Å²) in [7, 11) is 0. The molecule has 1 aromatic rings. The molecule has 0 saturated carbocycles. The quantitative estimate of drug-likeness (QED) is 0.518. The van der Waals surface area contributed by atoms with Crippen LogP contribution < -0.4 is 4.18 Å². The Morgan fingerprint density at radius 1 is 1.50 bits per heavy atom. The lowest BCUT2D eigenvalue weighted by Gasteiger charge is -2.02. The number of hydrogen-bond donors (Lipinski definition) is 0. The molecule has 0 fully saturated rings. The Hall–Kier alpha value is -1.08. The van der Waals surface area contributed by atoms with Gasteiger partial charge in [-0.15, -0.1) is 0 Å². The fraction of sp³-hybridized carbons (Fsp3) is 0. The third-order valence-electron chi connectivity index (χ3n) is 0.612. The topological polar surface area (TPSA) is 88.0 Å². The molecule has 54 valence electrons. The first-order valence-corrected chi connectivity index (χ1v) is 3.18. The van der Waals surface area contributed by atoms with E-state index in [1.165, 1.54) is 0 Å². The van der Waals surface area contributed by atoms with E-state index in [-0.39, 0.29) is 6.01 Å². The monoisotopic (exact) mass is 160 g/mol. The lowest BCUT2D eigenvalue weighted by atomic mass is 11.0. The number of nitrogens with zero attached hydrogens (tertiary/aromatic N) is 3. The Morgan fingerprint density at radius 2 is 2.10 bits per heavy atom. The van der Waals surface area contributed by atoms with E-state index in [0.29, 0.717) is 0 Å². The van der Waals surface area contributed by atoms with Gasteiger partial charge in [0.25, 0.3) is 0 Å². The number of rotatable bonds is 2. The normalized spacial score (nSPS) is 12.5. The van der Waals surface area contributed by atoms with Crippen molar-refractivity contribution in [3.8, 4) is 6.01 Å². The number of hydrogen-bond acceptors (Lipinski definition) is 6. The molecule has 1 rings (SSSR count). The second kappa shape index (κ2) is 3.18. The molecule has 0 aliphatic rings. The first-order valence-electron chi connectivity index (χ1n) is 2.18. The Bertz CT molecular complexity index is 228. The molecule has 0 aliphatic heterocycles. The van der Waals surface area contributed by atoms with Gasteiger partial charge in [0.2, 0.25) is 0 Å². The van der Waals surface area contributed by atoms with Crippen LogP contribution in [0.25, 0.3) is 0 Å². The molecule has 0 N–H and O–H groups in total. The molecule has 1 atom stereocenters. The molecular weight excluding hydrogens is 158 g/mol. The first-order chi connectivity index (χ1) is 4.79. The molecular formula is C3H2N3O3S-. The summed E-state index contributed by atoms with van der Waals surface area (Å²) in [6, 6.07) is -0.233. The predicted molar refractivity (Wildman–Crippen MR) is 29.4 cm³/mol. The van der Waals surface area contributed by atoms with Crippen LogP contribution in [0.1, 0.15) is 0 Å². The summed E-state index contributed by atoms with van der Waals surface area (Å²) in [4.78, 5) is 10.2. The van der Waals surface area contributed by atoms with Crippen LogP contribution in [0.4, 0.5) is 0 Å². The van der Waals surface area contributed by atoms with Gasteiger partial charge in [-0.05, 0) is 0 Å². The second-order valence-electron chi connectivity index (χ2n) is 1.21. The van der Waals surface area contributed by atoms with Crippen LogP contribution in [0.15, 0.2) is 12.7 Å². The minimum atomic E-state index is -2.62. The van der Waals surface area contributed by atoms with Gasteiger partial charge in [-0.2, -0.15) is 9.97 Å². The minimum absolute atomic E-state index is 0.233. The molecule has 1 unspecified atom stereocenters. The summed E-state index contributed by atoms with van der Waals surface area (Å²) in [5.41, 5.74) is 0. The average Bonchev–Trinajstić information content (AvgIpc) is 1.88. The van der Waals surface area contributed by atoms with Crippen molar-refractivity contribution in [2.45, 2.75) is 0 Å². The Labute approximate surface area is 58.8 Å². The predicted octanol–water partition coefficient (Wildman–Crippen LogP) is -0.955. The van der Waals surface area contributed by atoms with E-state index in [4.69, 9.17) is 0 Å². The van der Waals surface area contributed by atoms with Crippen LogP contribution in [0.3, 0.4) is 0 Å². The summed E-state index contributed by atoms with van der Waals surface area (Å²) < 4.78 is 23.8. The van der Waals surface area contributed by atoms with E-state index in [1.54, 1.807) is 0 Å². The molecule has 0 aromatic carbocycles. The Balaban J connectivity index is 2.67. The highest BCUT2D eigenvalue weighted by atomic mass is 32.2. The van der Waals surface area contributed by atoms with Gasteiger partial charge in [0.1, 0.15) is 24.0 Å². The minimum Gasteiger partial charge on any atom is -0.740 e. The molecule has 1 heterocycles. The lowest BCUT2D eigenvalue weighted by molar-refractivity contribution is 0.423. The van der Waals surface area contributed by atoms with Gasteiger partial charge in [-0.3, -0.25) is 0 Å². The van der Waals surface area contributed by atoms with Crippen molar-refractivity contribution in [1.29, 1.82) is 0 Å². The molecule has 0 amide bonds. The van der Waals surface area contributed by atoms with Crippen molar-refractivity contribution in [3.63, 3.8) is 0 Å². The van der Waals surface area contributed by atoms with E-state index in [2.05, 4.69) is 19.1 Å². The van der Waals surface area contributed by atoms with Crippen LogP contribution in [-0.2, 0) is 11.4 Å². The van der Waals surface area contributed by atoms with E-state index in [1.807, 2.05) is 0 Å². The van der Waals surface area contributed by atoms with Crippen molar-refractivity contribution in [1.82, 2.24) is 15.0 Å². The summed E-state index contributed by atoms with van der Waals surface area (Å²) >= 11 is -2.62. The van der Waals surface area contributed by atoms with Crippen molar-refractivity contribution in [3.05, 3.63) is 12.7 Å². The molecule has 7 heteroatoms. The van der Waals surface area contributed by atoms with Gasteiger partial charge in [0, 0.05) is 0 Å². The van der Waals surface area contributed by atoms with Crippen LogP contribution in [0.2, 0.25) is 0 Å². The first kappa shape index (κ1) is 7.03. The van der Waals surface area contributed by atoms with Gasteiger partial charge in [-0.1, -0.05) is 0 Å². The largest absolute Gasteiger partial charge is 0.740 e. The molecule has 0 bridgehead atoms. The summed E-state index contributed by atoms with van der Waals surface area (Å²) in [6.45, 7) is 0. The summed E-state index contributed by atoms with van der Waals surface area (Å²) in [6.07, 6.45) is 2.27. The molecule has 0 saturated heterocycles. The average molecular weight is 160 g/mol. The van der Waals surface area contributed by atoms with E-state index >= 15 is 0 Å². The van der Waals surface area contributed by atoms with Crippen molar-refractivity contribution < 1.29 is 12.9 Å². The SMILES string of the molecule is O=S([O-])Oc1ncncn1. The maximum absolute atomic E-state index is 9.85. The van der Waals surface area contributed by atoms with Crippen LogP contribution in [0.5, 0.6) is 6.01 Å². The smallest absolute Gasteiger partial charge is 0.333 e. The summed E-state index contributed by atoms with van der Waals surface area (Å²) in [5.74, 6) is 0. The molecule has 0 radical (unpaired) electrons. The van der Waals surface area contributed by atoms with Gasteiger partial charge in [0.05, 0.1) is 0 Å². The Kier molecular flexibility index (Phi) is 2.24. The van der Waals surface area contributed by atoms with Gasteiger partial charge in [-0.25, -0.2) is 9.19 Å². The molecule has 0 spiro atoms. The molecule has 0 aliphatic carbocycles. The van der Waals surface area contributed by atoms with Gasteiger partial charge < -0.3 is 8.74 Å². The highest BCUT2D eigenvalue weighted by molar-refractivity contribution is 7.74. The van der Waals surface area contributed by atoms with Crippen molar-refractivity contribution in [2.75, 3.05) is 0 Å². The van der Waals surface area contributed by atoms with E-state index < -0.39 is 11.4 Å². The van der Waals surface area contributed by atoms with Crippen LogP contribution in [-0.4, -0.2) is 23.7 Å². The van der Waals surface area contributed by atoms with Gasteiger partial charge >= 0.3 is 6.01 Å². The van der Waals surface area contributed by atoms with Crippen LogP contribution in [0, 0.1) is 0 Å². The maximum Gasteiger partial charge on any atom is 0.333 e. The standard InChI is InChI=1S/C3H3N3O3S/c7-10(8)9-3-5-1-4-2-6-3/h1-2H,(H,7,8)/p-1. The molecule has 10 heavy (non-hydrogen) atoms. The van der Waals surface area contributed by atoms with Gasteiger partial charge in [0.15, 0.2) is 0 Å². The van der Waals surface area contributed by atoms with E-state index in [9.17, 15) is 8.76 Å². The fourth-order valence-electron chi connectivity index (χ4n) is 0.332. The summed E-state index contributed by atoms with van der Waals surface area (Å²) in [5, 5.41) is 0. The third kappa shape index (κ3) is 2.03. The maximum atomic E-state index is 9.85. The van der Waals surface area contributed by atoms with E-state index in [0.717, 1.165) is 12.7 Å². The highest BCUT2D eigenvalue weighted by Crippen LogP contribution is 1.95. The zero-order valence-corrected chi connectivity index (χ0v) is 5.45. The van der Waals surface area contributed by atoms with Crippen molar-refractivity contribution >= 4 is 11.4 Å². The van der Waals surface area contributed by atoms with Crippen molar-refractivity contribution in [2.24, 2.45) is 0 Å². The highest BCUT2D eigenvalue weighted by Gasteiger charge is 1.92. The third-order valence-corrected chi connectivity index (χ3v) is 0.897. The zero-order chi connectivity index (χ0) is 7.40. The molecule has 6 nitrogen and oxygen atoms in total. The fourth-order valence-corrected chi connectivity index (χ4v) is 0.540. The number of aromatic nitrogens is 3. The Morgan fingerprint density at radius 3 is 2.60 bits per heavy atom. The molecule has 1 aromatic heterocycles.